The van der Waals surface area contributed by atoms with Crippen molar-refractivity contribution in [2.24, 2.45) is 0 Å². The highest BCUT2D eigenvalue weighted by Crippen LogP contribution is 2.28. The quantitative estimate of drug-likeness (QED) is 0.507. The molecule has 0 atom stereocenters. The number of anilines is 1. The normalized spacial score (nSPS) is 10.7. The van der Waals surface area contributed by atoms with Gasteiger partial charge in [0.25, 0.3) is 5.91 Å². The summed E-state index contributed by atoms with van der Waals surface area (Å²) in [5.41, 5.74) is 5.25. The summed E-state index contributed by atoms with van der Waals surface area (Å²) in [6, 6.07) is 14.2. The lowest BCUT2D eigenvalue weighted by Crippen LogP contribution is -2.13. The van der Waals surface area contributed by atoms with Gasteiger partial charge in [-0.15, -0.1) is 10.2 Å². The zero-order valence-corrected chi connectivity index (χ0v) is 16.0. The third kappa shape index (κ3) is 4.67. The maximum Gasteiger partial charge on any atom is 0.257 e. The molecule has 25 heavy (non-hydrogen) atoms. The van der Waals surface area contributed by atoms with Gasteiger partial charge in [0.05, 0.1) is 0 Å². The number of hydrogen-bond acceptors (Lipinski definition) is 5. The van der Waals surface area contributed by atoms with Crippen LogP contribution in [-0.2, 0) is 5.75 Å². The van der Waals surface area contributed by atoms with Crippen molar-refractivity contribution in [3.8, 4) is 0 Å². The first-order chi connectivity index (χ1) is 12.0. The summed E-state index contributed by atoms with van der Waals surface area (Å²) in [4.78, 5) is 12.4. The predicted molar refractivity (Wildman–Crippen MR) is 105 cm³/mol. The van der Waals surface area contributed by atoms with Crippen LogP contribution in [0.1, 0.15) is 32.6 Å². The fraction of sp³-hybridized carbons (Fsp3) is 0.211. The molecule has 3 aromatic rings. The smallest absolute Gasteiger partial charge is 0.257 e. The van der Waals surface area contributed by atoms with Gasteiger partial charge in [-0.1, -0.05) is 70.6 Å². The first-order valence-electron chi connectivity index (χ1n) is 7.92. The lowest BCUT2D eigenvalue weighted by atomic mass is 10.1. The van der Waals surface area contributed by atoms with Crippen LogP contribution in [0.15, 0.2) is 46.8 Å². The van der Waals surface area contributed by atoms with E-state index in [0.29, 0.717) is 10.7 Å². The van der Waals surface area contributed by atoms with E-state index in [4.69, 9.17) is 0 Å². The highest BCUT2D eigenvalue weighted by molar-refractivity contribution is 8.00. The fourth-order valence-electron chi connectivity index (χ4n) is 2.50. The Morgan fingerprint density at radius 1 is 1.08 bits per heavy atom. The van der Waals surface area contributed by atoms with Gasteiger partial charge >= 0.3 is 0 Å². The van der Waals surface area contributed by atoms with Crippen LogP contribution < -0.4 is 5.32 Å². The van der Waals surface area contributed by atoms with E-state index in [1.54, 1.807) is 11.8 Å². The number of carbonyl (C=O) groups excluding carboxylic acids is 1. The summed E-state index contributed by atoms with van der Waals surface area (Å²) in [6.45, 7) is 6.03. The molecule has 128 valence electrons. The average molecular weight is 370 g/mol. The van der Waals surface area contributed by atoms with Gasteiger partial charge in [-0.05, 0) is 38.0 Å². The lowest BCUT2D eigenvalue weighted by molar-refractivity contribution is 0.102. The Balaban J connectivity index is 1.62. The van der Waals surface area contributed by atoms with Crippen LogP contribution >= 0.6 is 23.1 Å². The molecule has 4 nitrogen and oxygen atoms in total. The molecule has 0 saturated heterocycles. The zero-order valence-electron chi connectivity index (χ0n) is 14.4. The first kappa shape index (κ1) is 17.6. The number of nitrogens with one attached hydrogen (secondary N) is 1. The molecule has 0 unspecified atom stereocenters. The van der Waals surface area contributed by atoms with Crippen LogP contribution in [0.2, 0.25) is 0 Å². The Morgan fingerprint density at radius 2 is 1.88 bits per heavy atom. The molecule has 1 aromatic heterocycles. The molecule has 0 aliphatic carbocycles. The van der Waals surface area contributed by atoms with E-state index in [1.165, 1.54) is 22.5 Å². The predicted octanol–water partition coefficient (Wildman–Crippen LogP) is 5.01. The monoisotopic (exact) mass is 369 g/mol. The molecular weight excluding hydrogens is 350 g/mol. The van der Waals surface area contributed by atoms with Crippen molar-refractivity contribution in [2.45, 2.75) is 30.9 Å². The van der Waals surface area contributed by atoms with Gasteiger partial charge in [-0.25, -0.2) is 0 Å². The van der Waals surface area contributed by atoms with E-state index < -0.39 is 0 Å². The summed E-state index contributed by atoms with van der Waals surface area (Å²) in [6.07, 6.45) is 0. The Bertz CT molecular complexity index is 905. The number of aromatic nitrogens is 2. The number of aryl methyl sites for hydroxylation is 3. The number of carbonyl (C=O) groups is 1. The van der Waals surface area contributed by atoms with E-state index in [9.17, 15) is 4.79 Å². The van der Waals surface area contributed by atoms with Crippen molar-refractivity contribution in [1.29, 1.82) is 0 Å². The van der Waals surface area contributed by atoms with Gasteiger partial charge in [0.2, 0.25) is 5.13 Å². The van der Waals surface area contributed by atoms with Crippen molar-refractivity contribution in [1.82, 2.24) is 10.2 Å². The van der Waals surface area contributed by atoms with E-state index in [1.807, 2.05) is 32.0 Å². The molecule has 1 amide bonds. The van der Waals surface area contributed by atoms with E-state index in [0.717, 1.165) is 21.2 Å². The molecular formula is C19H19N3OS2. The van der Waals surface area contributed by atoms with Gasteiger partial charge in [-0.3, -0.25) is 10.1 Å². The number of hydrogen-bond donors (Lipinski definition) is 1. The summed E-state index contributed by atoms with van der Waals surface area (Å²) in [5, 5.41) is 11.6. The average Bonchev–Trinajstić information content (AvgIpc) is 3.00. The Hall–Kier alpha value is -2.18. The topological polar surface area (TPSA) is 54.9 Å². The molecule has 0 fully saturated rings. The van der Waals surface area contributed by atoms with Crippen LogP contribution in [0.25, 0.3) is 0 Å². The molecule has 1 heterocycles. The molecule has 2 aromatic carbocycles. The van der Waals surface area contributed by atoms with E-state index >= 15 is 0 Å². The molecule has 1 N–H and O–H groups in total. The number of rotatable bonds is 5. The molecule has 0 radical (unpaired) electrons. The minimum Gasteiger partial charge on any atom is -0.296 e. The molecule has 6 heteroatoms. The first-order valence-corrected chi connectivity index (χ1v) is 9.72. The highest BCUT2D eigenvalue weighted by Gasteiger charge is 2.12. The summed E-state index contributed by atoms with van der Waals surface area (Å²) >= 11 is 3.02. The van der Waals surface area contributed by atoms with Crippen molar-refractivity contribution >= 4 is 34.1 Å². The van der Waals surface area contributed by atoms with E-state index in [2.05, 4.69) is 46.7 Å². The van der Waals surface area contributed by atoms with Gasteiger partial charge in [0.1, 0.15) is 0 Å². The Labute approximate surface area is 155 Å². The molecule has 0 bridgehead atoms. The van der Waals surface area contributed by atoms with Gasteiger partial charge < -0.3 is 0 Å². The molecule has 0 saturated carbocycles. The maximum atomic E-state index is 12.4. The lowest BCUT2D eigenvalue weighted by Gasteiger charge is -2.05. The third-order valence-corrected chi connectivity index (χ3v) is 5.74. The standard InChI is InChI=1S/C19H19N3OS2/c1-12-5-4-6-15(10-12)11-24-19-22-21-18(25-19)20-17(23)16-8-7-13(2)9-14(16)3/h4-10H,11H2,1-3H3,(H,20,21,23). The number of benzene rings is 2. The number of thioether (sulfide) groups is 1. The third-order valence-electron chi connectivity index (χ3n) is 3.70. The fourth-order valence-corrected chi connectivity index (χ4v) is 4.19. The molecule has 0 aliphatic heterocycles. The van der Waals surface area contributed by atoms with Crippen LogP contribution in [0, 0.1) is 20.8 Å². The van der Waals surface area contributed by atoms with Crippen LogP contribution in [0.3, 0.4) is 0 Å². The molecule has 0 aliphatic rings. The van der Waals surface area contributed by atoms with Crippen molar-refractivity contribution in [3.05, 3.63) is 70.3 Å². The second-order valence-corrected chi connectivity index (χ2v) is 8.12. The number of amides is 1. The van der Waals surface area contributed by atoms with Crippen molar-refractivity contribution < 1.29 is 4.79 Å². The van der Waals surface area contributed by atoms with Gasteiger partial charge in [-0.2, -0.15) is 0 Å². The second-order valence-electron chi connectivity index (χ2n) is 5.92. The summed E-state index contributed by atoms with van der Waals surface area (Å²) in [7, 11) is 0. The molecule has 0 spiro atoms. The number of nitrogens with zero attached hydrogens (tertiary/aromatic N) is 2. The summed E-state index contributed by atoms with van der Waals surface area (Å²) in [5.74, 6) is 0.685. The van der Waals surface area contributed by atoms with E-state index in [-0.39, 0.29) is 5.91 Å². The second kappa shape index (κ2) is 7.80. The SMILES string of the molecule is Cc1cccc(CSc2nnc(NC(=O)c3ccc(C)cc3C)s2)c1. The summed E-state index contributed by atoms with van der Waals surface area (Å²) < 4.78 is 0.845. The van der Waals surface area contributed by atoms with Crippen molar-refractivity contribution in [2.75, 3.05) is 5.32 Å². The zero-order chi connectivity index (χ0) is 17.8. The maximum absolute atomic E-state index is 12.4. The van der Waals surface area contributed by atoms with Gasteiger partial charge in [0, 0.05) is 11.3 Å². The van der Waals surface area contributed by atoms with Crippen LogP contribution in [0.5, 0.6) is 0 Å². The minimum atomic E-state index is -0.149. The van der Waals surface area contributed by atoms with Crippen molar-refractivity contribution in [3.63, 3.8) is 0 Å². The van der Waals surface area contributed by atoms with Crippen LogP contribution in [0.4, 0.5) is 5.13 Å². The Morgan fingerprint density at radius 3 is 2.64 bits per heavy atom. The Kier molecular flexibility index (Phi) is 5.50. The van der Waals surface area contributed by atoms with Crippen LogP contribution in [-0.4, -0.2) is 16.1 Å². The molecule has 3 rings (SSSR count). The highest BCUT2D eigenvalue weighted by atomic mass is 32.2. The minimum absolute atomic E-state index is 0.149. The van der Waals surface area contributed by atoms with Gasteiger partial charge in [0.15, 0.2) is 4.34 Å². The largest absolute Gasteiger partial charge is 0.296 e.